The summed E-state index contributed by atoms with van der Waals surface area (Å²) in [5, 5.41) is 0. The van der Waals surface area contributed by atoms with Crippen LogP contribution in [-0.2, 0) is 0 Å². The van der Waals surface area contributed by atoms with Gasteiger partial charge < -0.3 is 10.6 Å². The van der Waals surface area contributed by atoms with Gasteiger partial charge in [-0.2, -0.15) is 0 Å². The molecule has 1 atom stereocenters. The van der Waals surface area contributed by atoms with Gasteiger partial charge in [-0.05, 0) is 38.2 Å². The van der Waals surface area contributed by atoms with E-state index in [-0.39, 0.29) is 0 Å². The molecule has 0 heterocycles. The van der Waals surface area contributed by atoms with Gasteiger partial charge in [-0.15, -0.1) is 11.8 Å². The maximum atomic E-state index is 6.13. The van der Waals surface area contributed by atoms with Gasteiger partial charge >= 0.3 is 0 Å². The summed E-state index contributed by atoms with van der Waals surface area (Å²) in [5.41, 5.74) is 6.13. The van der Waals surface area contributed by atoms with Crippen molar-refractivity contribution >= 4 is 11.8 Å². The molecule has 0 radical (unpaired) electrons. The van der Waals surface area contributed by atoms with Crippen LogP contribution in [0.5, 0.6) is 0 Å². The predicted molar refractivity (Wildman–Crippen MR) is 77.5 cm³/mol. The van der Waals surface area contributed by atoms with E-state index in [1.807, 2.05) is 17.8 Å². The Morgan fingerprint density at radius 1 is 1.18 bits per heavy atom. The number of thioether (sulfide) groups is 1. The van der Waals surface area contributed by atoms with Crippen molar-refractivity contribution in [3.05, 3.63) is 30.3 Å². The predicted octanol–water partition coefficient (Wildman–Crippen LogP) is 2.84. The highest BCUT2D eigenvalue weighted by Crippen LogP contribution is 2.18. The van der Waals surface area contributed by atoms with Crippen molar-refractivity contribution in [1.29, 1.82) is 0 Å². The Labute approximate surface area is 110 Å². The smallest absolute Gasteiger partial charge is 0.0146 e. The number of rotatable bonds is 8. The SMILES string of the molecule is CCN(CC)CC[C@@H](N)CSc1ccccc1. The van der Waals surface area contributed by atoms with Crippen molar-refractivity contribution in [3.63, 3.8) is 0 Å². The molecule has 1 aromatic rings. The van der Waals surface area contributed by atoms with Crippen LogP contribution in [-0.4, -0.2) is 36.3 Å². The number of hydrogen-bond donors (Lipinski definition) is 1. The van der Waals surface area contributed by atoms with Crippen molar-refractivity contribution in [1.82, 2.24) is 4.90 Å². The van der Waals surface area contributed by atoms with Crippen LogP contribution in [0.3, 0.4) is 0 Å². The van der Waals surface area contributed by atoms with Gasteiger partial charge in [0.05, 0.1) is 0 Å². The molecule has 3 heteroatoms. The van der Waals surface area contributed by atoms with E-state index >= 15 is 0 Å². The van der Waals surface area contributed by atoms with Gasteiger partial charge in [-0.1, -0.05) is 32.0 Å². The average Bonchev–Trinajstić information content (AvgIpc) is 2.39. The molecule has 0 saturated carbocycles. The fourth-order valence-corrected chi connectivity index (χ4v) is 2.61. The third-order valence-electron chi connectivity index (χ3n) is 2.92. The highest BCUT2D eigenvalue weighted by Gasteiger charge is 2.06. The van der Waals surface area contributed by atoms with Crippen LogP contribution in [0.15, 0.2) is 35.2 Å². The minimum Gasteiger partial charge on any atom is -0.327 e. The van der Waals surface area contributed by atoms with Crippen LogP contribution in [0.4, 0.5) is 0 Å². The quantitative estimate of drug-likeness (QED) is 0.721. The Morgan fingerprint density at radius 2 is 1.82 bits per heavy atom. The molecule has 0 aliphatic heterocycles. The Balaban J connectivity index is 2.19. The van der Waals surface area contributed by atoms with Gasteiger partial charge in [0.1, 0.15) is 0 Å². The van der Waals surface area contributed by atoms with E-state index in [1.54, 1.807) is 0 Å². The maximum Gasteiger partial charge on any atom is 0.0146 e. The molecule has 0 aliphatic carbocycles. The molecule has 17 heavy (non-hydrogen) atoms. The van der Waals surface area contributed by atoms with Crippen LogP contribution in [0.25, 0.3) is 0 Å². The minimum absolute atomic E-state index is 0.292. The summed E-state index contributed by atoms with van der Waals surface area (Å²) < 4.78 is 0. The monoisotopic (exact) mass is 252 g/mol. The summed E-state index contributed by atoms with van der Waals surface area (Å²) in [6.07, 6.45) is 1.08. The largest absolute Gasteiger partial charge is 0.327 e. The van der Waals surface area contributed by atoms with E-state index < -0.39 is 0 Å². The second-order valence-corrected chi connectivity index (χ2v) is 5.29. The lowest BCUT2D eigenvalue weighted by Gasteiger charge is -2.20. The van der Waals surface area contributed by atoms with Gasteiger partial charge in [0, 0.05) is 16.7 Å². The molecule has 0 saturated heterocycles. The third kappa shape index (κ3) is 6.10. The molecule has 2 nitrogen and oxygen atoms in total. The maximum absolute atomic E-state index is 6.13. The van der Waals surface area contributed by atoms with E-state index in [0.717, 1.165) is 31.8 Å². The molecule has 0 aliphatic rings. The first kappa shape index (κ1) is 14.6. The molecule has 1 aromatic carbocycles. The topological polar surface area (TPSA) is 29.3 Å². The van der Waals surface area contributed by atoms with Crippen molar-refractivity contribution in [3.8, 4) is 0 Å². The first-order chi connectivity index (χ1) is 8.26. The lowest BCUT2D eigenvalue weighted by molar-refractivity contribution is 0.293. The average molecular weight is 252 g/mol. The van der Waals surface area contributed by atoms with E-state index in [1.165, 1.54) is 4.90 Å². The van der Waals surface area contributed by atoms with Gasteiger partial charge in [0.25, 0.3) is 0 Å². The zero-order valence-electron chi connectivity index (χ0n) is 10.9. The number of nitrogens with two attached hydrogens (primary N) is 1. The fraction of sp³-hybridized carbons (Fsp3) is 0.571. The molecule has 2 N–H and O–H groups in total. The molecule has 0 aromatic heterocycles. The van der Waals surface area contributed by atoms with Crippen LogP contribution < -0.4 is 5.73 Å². The normalized spacial score (nSPS) is 12.9. The Bertz CT molecular complexity index is 286. The number of nitrogens with zero attached hydrogens (tertiary/aromatic N) is 1. The zero-order chi connectivity index (χ0) is 12.5. The second-order valence-electron chi connectivity index (χ2n) is 4.20. The van der Waals surface area contributed by atoms with Crippen molar-refractivity contribution in [2.45, 2.75) is 31.2 Å². The molecule has 0 amide bonds. The first-order valence-corrected chi connectivity index (χ1v) is 7.40. The van der Waals surface area contributed by atoms with Crippen molar-refractivity contribution < 1.29 is 0 Å². The standard InChI is InChI=1S/C14H24N2S/c1-3-16(4-2)11-10-13(15)12-17-14-8-6-5-7-9-14/h5-9,13H,3-4,10-12,15H2,1-2H3/t13-/m1/s1. The van der Waals surface area contributed by atoms with Crippen molar-refractivity contribution in [2.24, 2.45) is 5.73 Å². The highest BCUT2D eigenvalue weighted by molar-refractivity contribution is 7.99. The third-order valence-corrected chi connectivity index (χ3v) is 4.12. The summed E-state index contributed by atoms with van der Waals surface area (Å²) in [4.78, 5) is 3.73. The summed E-state index contributed by atoms with van der Waals surface area (Å²) in [5.74, 6) is 1.01. The molecular formula is C14H24N2S. The molecule has 96 valence electrons. The molecule has 0 fully saturated rings. The summed E-state index contributed by atoms with van der Waals surface area (Å²) in [7, 11) is 0. The lowest BCUT2D eigenvalue weighted by atomic mass is 10.2. The minimum atomic E-state index is 0.292. The highest BCUT2D eigenvalue weighted by atomic mass is 32.2. The summed E-state index contributed by atoms with van der Waals surface area (Å²) in [6.45, 7) is 7.76. The summed E-state index contributed by atoms with van der Waals surface area (Å²) >= 11 is 1.85. The van der Waals surface area contributed by atoms with E-state index in [0.29, 0.717) is 6.04 Å². The molecule has 0 unspecified atom stereocenters. The molecule has 0 bridgehead atoms. The lowest BCUT2D eigenvalue weighted by Crippen LogP contribution is -2.31. The number of benzene rings is 1. The van der Waals surface area contributed by atoms with Crippen LogP contribution in [0, 0.1) is 0 Å². The van der Waals surface area contributed by atoms with Gasteiger partial charge in [-0.3, -0.25) is 0 Å². The zero-order valence-corrected chi connectivity index (χ0v) is 11.7. The van der Waals surface area contributed by atoms with Crippen molar-refractivity contribution in [2.75, 3.05) is 25.4 Å². The van der Waals surface area contributed by atoms with Crippen LogP contribution in [0.2, 0.25) is 0 Å². The van der Waals surface area contributed by atoms with Gasteiger partial charge in [-0.25, -0.2) is 0 Å². The Kier molecular flexibility index (Phi) is 7.33. The first-order valence-electron chi connectivity index (χ1n) is 6.42. The molecule has 1 rings (SSSR count). The van der Waals surface area contributed by atoms with E-state index in [2.05, 4.69) is 43.0 Å². The second kappa shape index (κ2) is 8.56. The summed E-state index contributed by atoms with van der Waals surface area (Å²) in [6, 6.07) is 10.8. The molecule has 0 spiro atoms. The Hall–Kier alpha value is -0.510. The Morgan fingerprint density at radius 3 is 2.41 bits per heavy atom. The van der Waals surface area contributed by atoms with E-state index in [4.69, 9.17) is 5.73 Å². The van der Waals surface area contributed by atoms with Crippen LogP contribution in [0.1, 0.15) is 20.3 Å². The van der Waals surface area contributed by atoms with Gasteiger partial charge in [0.15, 0.2) is 0 Å². The van der Waals surface area contributed by atoms with Crippen LogP contribution >= 0.6 is 11.8 Å². The fourth-order valence-electron chi connectivity index (χ4n) is 1.69. The van der Waals surface area contributed by atoms with Gasteiger partial charge in [0.2, 0.25) is 0 Å². The number of hydrogen-bond acceptors (Lipinski definition) is 3. The van der Waals surface area contributed by atoms with E-state index in [9.17, 15) is 0 Å². The molecular weight excluding hydrogens is 228 g/mol.